The molecule has 0 radical (unpaired) electrons. The van der Waals surface area contributed by atoms with Crippen LogP contribution in [-0.2, 0) is 12.8 Å². The molecule has 3 N–H and O–H groups in total. The van der Waals surface area contributed by atoms with E-state index in [2.05, 4.69) is 10.3 Å². The number of hydrogen-bond acceptors (Lipinski definition) is 8. The summed E-state index contributed by atoms with van der Waals surface area (Å²) in [5.41, 5.74) is 4.66. The van der Waals surface area contributed by atoms with E-state index in [9.17, 15) is 32.9 Å². The largest absolute Gasteiger partial charge is 0.486 e. The number of anilines is 1. The Bertz CT molecular complexity index is 1780. The molecule has 41 heavy (non-hydrogen) atoms. The maximum atomic E-state index is 13.7. The lowest BCUT2D eigenvalue weighted by Crippen LogP contribution is -2.16. The zero-order valence-electron chi connectivity index (χ0n) is 20.6. The van der Waals surface area contributed by atoms with Crippen molar-refractivity contribution in [3.8, 4) is 16.9 Å². The molecule has 10 nitrogen and oxygen atoms in total. The molecule has 0 spiro atoms. The first-order chi connectivity index (χ1) is 19.5. The minimum atomic E-state index is -4.76. The first-order valence-electron chi connectivity index (χ1n) is 11.7. The monoisotopic (exact) mass is 582 g/mol. The number of nitro groups is 1. The molecule has 0 bridgehead atoms. The number of non-ortho nitro benzene ring substituents is 1. The number of aromatic nitrogens is 1. The Balaban J connectivity index is 1.46. The van der Waals surface area contributed by atoms with Gasteiger partial charge in [0.2, 0.25) is 0 Å². The maximum Gasteiger partial charge on any atom is 0.433 e. The molecule has 3 aromatic heterocycles. The highest BCUT2D eigenvalue weighted by Gasteiger charge is 2.35. The molecule has 3 heterocycles. The zero-order chi connectivity index (χ0) is 29.3. The molecular weight excluding hydrogens is 565 g/mol. The highest BCUT2D eigenvalue weighted by Crippen LogP contribution is 2.43. The minimum absolute atomic E-state index is 0.0948. The summed E-state index contributed by atoms with van der Waals surface area (Å²) in [6.45, 7) is -0.110. The van der Waals surface area contributed by atoms with Gasteiger partial charge in [-0.25, -0.2) is 4.98 Å². The van der Waals surface area contributed by atoms with Crippen molar-refractivity contribution in [3.05, 3.63) is 105 Å². The van der Waals surface area contributed by atoms with Crippen LogP contribution in [-0.4, -0.2) is 21.7 Å². The van der Waals surface area contributed by atoms with Crippen LogP contribution < -0.4 is 15.8 Å². The Hall–Kier alpha value is -5.24. The van der Waals surface area contributed by atoms with E-state index in [0.717, 1.165) is 6.07 Å². The molecule has 208 valence electrons. The van der Waals surface area contributed by atoms with Crippen molar-refractivity contribution in [2.75, 3.05) is 5.32 Å². The number of nitrogens with zero attached hydrogens (tertiary/aromatic N) is 2. The van der Waals surface area contributed by atoms with Crippen molar-refractivity contribution in [2.45, 2.75) is 12.8 Å². The average molecular weight is 583 g/mol. The van der Waals surface area contributed by atoms with Gasteiger partial charge in [0.1, 0.15) is 33.5 Å². The molecular formula is C27H17F3N4O6S. The molecule has 5 rings (SSSR count). The van der Waals surface area contributed by atoms with Gasteiger partial charge in [-0.2, -0.15) is 13.2 Å². The summed E-state index contributed by atoms with van der Waals surface area (Å²) in [5.74, 6) is -1.38. The summed E-state index contributed by atoms with van der Waals surface area (Å²) < 4.78 is 52.1. The van der Waals surface area contributed by atoms with Crippen molar-refractivity contribution in [1.82, 2.24) is 4.98 Å². The number of carbonyl (C=O) groups is 2. The Kier molecular flexibility index (Phi) is 7.15. The third-order valence-electron chi connectivity index (χ3n) is 5.81. The number of ether oxygens (including phenoxy) is 1. The standard InChI is InChI=1S/C27H17F3N4O6S/c28-27(29,30)20-12-18(14-4-2-1-3-5-14)21-22(23(24(31)35)41-26(21)32-20)33-25(36)19-11-10-17(40-19)13-39-16-8-6-15(7-9-16)34(37)38/h1-12H,13H2,(H2,31,35)(H,33,36). The van der Waals surface area contributed by atoms with Crippen LogP contribution >= 0.6 is 11.3 Å². The van der Waals surface area contributed by atoms with Gasteiger partial charge in [-0.1, -0.05) is 30.3 Å². The van der Waals surface area contributed by atoms with Gasteiger partial charge in [-0.3, -0.25) is 19.7 Å². The Morgan fingerprint density at radius 1 is 1.07 bits per heavy atom. The van der Waals surface area contributed by atoms with E-state index < -0.39 is 28.6 Å². The van der Waals surface area contributed by atoms with Crippen LogP contribution in [0.3, 0.4) is 0 Å². The molecule has 0 atom stereocenters. The van der Waals surface area contributed by atoms with E-state index in [0.29, 0.717) is 22.6 Å². The second kappa shape index (κ2) is 10.7. The fourth-order valence-corrected chi connectivity index (χ4v) is 4.96. The summed E-state index contributed by atoms with van der Waals surface area (Å²) in [5, 5.41) is 13.5. The number of primary amides is 1. The molecule has 0 saturated carbocycles. The summed E-state index contributed by atoms with van der Waals surface area (Å²) in [4.78, 5) is 39.0. The fourth-order valence-electron chi connectivity index (χ4n) is 3.95. The van der Waals surface area contributed by atoms with Crippen LogP contribution in [0.15, 0.2) is 77.2 Å². The highest BCUT2D eigenvalue weighted by atomic mass is 32.1. The molecule has 0 unspecified atom stereocenters. The minimum Gasteiger partial charge on any atom is -0.486 e. The summed E-state index contributed by atoms with van der Waals surface area (Å²) >= 11 is 0.629. The van der Waals surface area contributed by atoms with E-state index in [1.54, 1.807) is 30.3 Å². The van der Waals surface area contributed by atoms with Crippen molar-refractivity contribution in [2.24, 2.45) is 5.73 Å². The van der Waals surface area contributed by atoms with Gasteiger partial charge >= 0.3 is 6.18 Å². The van der Waals surface area contributed by atoms with E-state index >= 15 is 0 Å². The number of rotatable bonds is 8. The number of nitrogens with one attached hydrogen (secondary N) is 1. The number of furan rings is 1. The summed E-state index contributed by atoms with van der Waals surface area (Å²) in [6.07, 6.45) is -4.76. The lowest BCUT2D eigenvalue weighted by molar-refractivity contribution is -0.384. The van der Waals surface area contributed by atoms with Gasteiger partial charge in [0, 0.05) is 17.5 Å². The molecule has 0 saturated heterocycles. The number of nitro benzene ring substituents is 1. The van der Waals surface area contributed by atoms with Gasteiger partial charge in [0.15, 0.2) is 5.76 Å². The van der Waals surface area contributed by atoms with Crippen LogP contribution in [0, 0.1) is 10.1 Å². The molecule has 0 aliphatic heterocycles. The lowest BCUT2D eigenvalue weighted by atomic mass is 10.0. The molecule has 0 fully saturated rings. The summed E-state index contributed by atoms with van der Waals surface area (Å²) in [7, 11) is 0. The second-order valence-corrected chi connectivity index (χ2v) is 9.53. The topological polar surface area (TPSA) is 151 Å². The molecule has 0 aliphatic carbocycles. The Morgan fingerprint density at radius 2 is 1.78 bits per heavy atom. The number of amides is 2. The Labute approximate surface area is 232 Å². The quantitative estimate of drug-likeness (QED) is 0.158. The summed E-state index contributed by atoms with van der Waals surface area (Å²) in [6, 6.07) is 17.2. The van der Waals surface area contributed by atoms with Crippen molar-refractivity contribution < 1.29 is 36.8 Å². The molecule has 2 aromatic carbocycles. The van der Waals surface area contributed by atoms with Crippen molar-refractivity contribution >= 4 is 44.7 Å². The maximum absolute atomic E-state index is 13.7. The Morgan fingerprint density at radius 3 is 2.41 bits per heavy atom. The van der Waals surface area contributed by atoms with Crippen LogP contribution in [0.4, 0.5) is 24.5 Å². The van der Waals surface area contributed by atoms with Crippen LogP contribution in [0.5, 0.6) is 5.75 Å². The van der Waals surface area contributed by atoms with Gasteiger partial charge < -0.3 is 20.2 Å². The fraction of sp³-hybridized carbons (Fsp3) is 0.0741. The smallest absolute Gasteiger partial charge is 0.433 e. The molecule has 0 aliphatic rings. The van der Waals surface area contributed by atoms with Crippen LogP contribution in [0.1, 0.15) is 31.7 Å². The van der Waals surface area contributed by atoms with Gasteiger partial charge in [-0.15, -0.1) is 11.3 Å². The van der Waals surface area contributed by atoms with Crippen molar-refractivity contribution in [3.63, 3.8) is 0 Å². The highest BCUT2D eigenvalue weighted by molar-refractivity contribution is 7.21. The molecule has 14 heteroatoms. The van der Waals surface area contributed by atoms with Gasteiger partial charge in [-0.05, 0) is 41.5 Å². The van der Waals surface area contributed by atoms with E-state index in [-0.39, 0.29) is 50.2 Å². The van der Waals surface area contributed by atoms with E-state index in [1.807, 2.05) is 0 Å². The number of hydrogen-bond donors (Lipinski definition) is 2. The SMILES string of the molecule is NC(=O)c1sc2nc(C(F)(F)F)cc(-c3ccccc3)c2c1NC(=O)c1ccc(COc2ccc([N+](=O)[O-])cc2)o1. The van der Waals surface area contributed by atoms with Gasteiger partial charge in [0.25, 0.3) is 17.5 Å². The third-order valence-corrected chi connectivity index (χ3v) is 6.91. The normalized spacial score (nSPS) is 11.4. The molecule has 2 amide bonds. The average Bonchev–Trinajstić information content (AvgIpc) is 3.57. The van der Waals surface area contributed by atoms with Crippen molar-refractivity contribution in [1.29, 1.82) is 0 Å². The first kappa shape index (κ1) is 27.3. The number of halogens is 3. The zero-order valence-corrected chi connectivity index (χ0v) is 21.4. The predicted molar refractivity (Wildman–Crippen MR) is 143 cm³/mol. The molecule has 5 aromatic rings. The van der Waals surface area contributed by atoms with Crippen LogP contribution in [0.25, 0.3) is 21.3 Å². The predicted octanol–water partition coefficient (Wildman–Crippen LogP) is 6.41. The third kappa shape index (κ3) is 5.72. The number of benzene rings is 2. The van der Waals surface area contributed by atoms with Crippen LogP contribution in [0.2, 0.25) is 0 Å². The van der Waals surface area contributed by atoms with Gasteiger partial charge in [0.05, 0.1) is 10.6 Å². The lowest BCUT2D eigenvalue weighted by Gasteiger charge is -2.12. The number of nitrogens with two attached hydrogens (primary N) is 1. The number of pyridine rings is 1. The first-order valence-corrected chi connectivity index (χ1v) is 12.5. The number of alkyl halides is 3. The second-order valence-electron chi connectivity index (χ2n) is 8.53. The van der Waals surface area contributed by atoms with E-state index in [4.69, 9.17) is 14.9 Å². The number of fused-ring (bicyclic) bond motifs is 1. The van der Waals surface area contributed by atoms with E-state index in [1.165, 1.54) is 36.4 Å². The number of thiophene rings is 1. The number of carbonyl (C=O) groups excluding carboxylic acids is 2.